The first-order valence-corrected chi connectivity index (χ1v) is 9.00. The van der Waals surface area contributed by atoms with Crippen molar-refractivity contribution in [3.63, 3.8) is 0 Å². The van der Waals surface area contributed by atoms with Crippen LogP contribution in [-0.2, 0) is 0 Å². The van der Waals surface area contributed by atoms with Crippen LogP contribution in [0.25, 0.3) is 0 Å². The molecule has 21 heavy (non-hydrogen) atoms. The van der Waals surface area contributed by atoms with E-state index in [9.17, 15) is 0 Å². The zero-order valence-electron chi connectivity index (χ0n) is 13.6. The van der Waals surface area contributed by atoms with Gasteiger partial charge in [0.15, 0.2) is 5.11 Å². The van der Waals surface area contributed by atoms with E-state index in [0.29, 0.717) is 5.11 Å². The van der Waals surface area contributed by atoms with Gasteiger partial charge >= 0.3 is 0 Å². The molecule has 0 aromatic carbocycles. The number of hydrazine groups is 1. The van der Waals surface area contributed by atoms with Crippen LogP contribution in [0.2, 0.25) is 0 Å². The van der Waals surface area contributed by atoms with Gasteiger partial charge in [0.1, 0.15) is 6.34 Å². The van der Waals surface area contributed by atoms with Crippen molar-refractivity contribution in [2.45, 2.75) is 71.1 Å². The van der Waals surface area contributed by atoms with E-state index in [1.807, 2.05) is 16.4 Å². The Hall–Kier alpha value is -0.840. The Kier molecular flexibility index (Phi) is 10.2. The summed E-state index contributed by atoms with van der Waals surface area (Å²) in [6.45, 7) is 4.93. The van der Waals surface area contributed by atoms with Gasteiger partial charge in [-0.1, -0.05) is 64.7 Å². The third kappa shape index (κ3) is 8.24. The third-order valence-corrected chi connectivity index (χ3v) is 4.17. The molecule has 1 aliphatic rings. The van der Waals surface area contributed by atoms with Crippen molar-refractivity contribution >= 4 is 23.7 Å². The molecule has 2 N–H and O–H groups in total. The standard InChI is InChI=1S/C16H32N4S/c1-2-3-4-5-6-7-8-9-10-11-13-20(16(17)21)19-14-12-18-15-19/h15H,2-14H2,1H3,(H2,17,21). The van der Waals surface area contributed by atoms with Gasteiger partial charge in [-0.2, -0.15) is 0 Å². The monoisotopic (exact) mass is 312 g/mol. The summed E-state index contributed by atoms with van der Waals surface area (Å²) in [6.07, 6.45) is 15.3. The van der Waals surface area contributed by atoms with Crippen LogP contribution in [-0.4, -0.2) is 41.1 Å². The van der Waals surface area contributed by atoms with Crippen molar-refractivity contribution in [3.05, 3.63) is 0 Å². The van der Waals surface area contributed by atoms with E-state index in [1.54, 1.807) is 0 Å². The average Bonchev–Trinajstić information content (AvgIpc) is 2.98. The van der Waals surface area contributed by atoms with Crippen LogP contribution in [0.4, 0.5) is 0 Å². The van der Waals surface area contributed by atoms with Gasteiger partial charge < -0.3 is 5.73 Å². The van der Waals surface area contributed by atoms with E-state index in [1.165, 1.54) is 57.8 Å². The number of hydrogen-bond donors (Lipinski definition) is 1. The van der Waals surface area contributed by atoms with Crippen LogP contribution in [0.15, 0.2) is 4.99 Å². The lowest BCUT2D eigenvalue weighted by Crippen LogP contribution is -2.48. The summed E-state index contributed by atoms with van der Waals surface area (Å²) in [4.78, 5) is 4.21. The molecular formula is C16H32N4S. The van der Waals surface area contributed by atoms with Crippen molar-refractivity contribution in [2.75, 3.05) is 19.6 Å². The highest BCUT2D eigenvalue weighted by molar-refractivity contribution is 7.80. The summed E-state index contributed by atoms with van der Waals surface area (Å²) in [6, 6.07) is 0. The smallest absolute Gasteiger partial charge is 0.185 e. The fourth-order valence-corrected chi connectivity index (χ4v) is 2.86. The molecule has 1 heterocycles. The van der Waals surface area contributed by atoms with E-state index < -0.39 is 0 Å². The van der Waals surface area contributed by atoms with Crippen molar-refractivity contribution < 1.29 is 0 Å². The van der Waals surface area contributed by atoms with E-state index in [2.05, 4.69) is 11.9 Å². The molecule has 0 aromatic rings. The van der Waals surface area contributed by atoms with Crippen LogP contribution in [0.5, 0.6) is 0 Å². The van der Waals surface area contributed by atoms with E-state index in [-0.39, 0.29) is 0 Å². The molecule has 0 atom stereocenters. The third-order valence-electron chi connectivity index (χ3n) is 3.96. The Bertz CT molecular complexity index is 307. The molecule has 122 valence electrons. The predicted octanol–water partition coefficient (Wildman–Crippen LogP) is 3.71. The molecule has 0 radical (unpaired) electrons. The summed E-state index contributed by atoms with van der Waals surface area (Å²) in [5.74, 6) is 0. The van der Waals surface area contributed by atoms with Crippen LogP contribution in [0.1, 0.15) is 71.1 Å². The number of nitrogens with two attached hydrogens (primary N) is 1. The van der Waals surface area contributed by atoms with Crippen LogP contribution >= 0.6 is 12.2 Å². The number of nitrogens with zero attached hydrogens (tertiary/aromatic N) is 3. The maximum atomic E-state index is 5.79. The second kappa shape index (κ2) is 11.8. The lowest BCUT2D eigenvalue weighted by atomic mass is 10.1. The van der Waals surface area contributed by atoms with Gasteiger partial charge in [-0.15, -0.1) is 0 Å². The van der Waals surface area contributed by atoms with E-state index >= 15 is 0 Å². The number of unbranched alkanes of at least 4 members (excludes halogenated alkanes) is 9. The highest BCUT2D eigenvalue weighted by Crippen LogP contribution is 2.11. The molecule has 0 aliphatic carbocycles. The van der Waals surface area contributed by atoms with Gasteiger partial charge in [0.2, 0.25) is 0 Å². The summed E-state index contributed by atoms with van der Waals surface area (Å²) < 4.78 is 0. The van der Waals surface area contributed by atoms with Gasteiger partial charge in [0.05, 0.1) is 13.1 Å². The first-order chi connectivity index (χ1) is 10.3. The summed E-state index contributed by atoms with van der Waals surface area (Å²) in [7, 11) is 0. The zero-order chi connectivity index (χ0) is 15.3. The van der Waals surface area contributed by atoms with Gasteiger partial charge in [0.25, 0.3) is 0 Å². The van der Waals surface area contributed by atoms with Gasteiger partial charge in [-0.25, -0.2) is 0 Å². The fourth-order valence-electron chi connectivity index (χ4n) is 2.67. The first kappa shape index (κ1) is 18.2. The Morgan fingerprint density at radius 3 is 2.14 bits per heavy atom. The van der Waals surface area contributed by atoms with Crippen LogP contribution in [0, 0.1) is 0 Å². The molecule has 0 saturated heterocycles. The molecule has 0 aromatic heterocycles. The quantitative estimate of drug-likeness (QED) is 0.441. The minimum Gasteiger partial charge on any atom is -0.375 e. The van der Waals surface area contributed by atoms with Crippen LogP contribution in [0.3, 0.4) is 0 Å². The summed E-state index contributed by atoms with van der Waals surface area (Å²) >= 11 is 5.12. The number of rotatable bonds is 12. The Balaban J connectivity index is 1.97. The molecule has 0 spiro atoms. The second-order valence-corrected chi connectivity index (χ2v) is 6.25. The topological polar surface area (TPSA) is 44.9 Å². The molecule has 1 aliphatic heterocycles. The number of aliphatic imine (C=N–C) groups is 1. The normalized spacial score (nSPS) is 13.9. The SMILES string of the molecule is CCCCCCCCCCCCN(C(N)=S)N1C=NCC1. The molecule has 0 saturated carbocycles. The first-order valence-electron chi connectivity index (χ1n) is 8.59. The number of hydrogen-bond acceptors (Lipinski definition) is 3. The molecular weight excluding hydrogens is 280 g/mol. The van der Waals surface area contributed by atoms with E-state index in [4.69, 9.17) is 18.0 Å². The molecule has 0 fully saturated rings. The fraction of sp³-hybridized carbons (Fsp3) is 0.875. The maximum Gasteiger partial charge on any atom is 0.185 e. The molecule has 4 nitrogen and oxygen atoms in total. The van der Waals surface area contributed by atoms with Crippen molar-refractivity contribution in [3.8, 4) is 0 Å². The highest BCUT2D eigenvalue weighted by atomic mass is 32.1. The highest BCUT2D eigenvalue weighted by Gasteiger charge is 2.15. The average molecular weight is 313 g/mol. The molecule has 5 heteroatoms. The van der Waals surface area contributed by atoms with Gasteiger partial charge in [-0.05, 0) is 18.6 Å². The summed E-state index contributed by atoms with van der Waals surface area (Å²) in [5, 5.41) is 4.48. The van der Waals surface area contributed by atoms with Crippen molar-refractivity contribution in [1.29, 1.82) is 0 Å². The summed E-state index contributed by atoms with van der Waals surface area (Å²) in [5.41, 5.74) is 5.79. The molecule has 0 bridgehead atoms. The second-order valence-electron chi connectivity index (χ2n) is 5.83. The lowest BCUT2D eigenvalue weighted by Gasteiger charge is -2.31. The van der Waals surface area contributed by atoms with Gasteiger partial charge in [0, 0.05) is 6.54 Å². The molecule has 1 rings (SSSR count). The predicted molar refractivity (Wildman–Crippen MR) is 95.4 cm³/mol. The maximum absolute atomic E-state index is 5.79. The number of thiocarbonyl (C=S) groups is 1. The van der Waals surface area contributed by atoms with Crippen molar-refractivity contribution in [2.24, 2.45) is 10.7 Å². The minimum atomic E-state index is 0.458. The van der Waals surface area contributed by atoms with Crippen molar-refractivity contribution in [1.82, 2.24) is 10.0 Å². The zero-order valence-corrected chi connectivity index (χ0v) is 14.4. The Morgan fingerprint density at radius 2 is 1.67 bits per heavy atom. The van der Waals surface area contributed by atoms with E-state index in [0.717, 1.165) is 26.1 Å². The largest absolute Gasteiger partial charge is 0.375 e. The Labute approximate surface area is 135 Å². The lowest BCUT2D eigenvalue weighted by molar-refractivity contribution is 0.151. The van der Waals surface area contributed by atoms with Gasteiger partial charge in [-0.3, -0.25) is 15.0 Å². The Morgan fingerprint density at radius 1 is 1.10 bits per heavy atom. The molecule has 0 unspecified atom stereocenters. The van der Waals surface area contributed by atoms with Crippen LogP contribution < -0.4 is 5.73 Å². The molecule has 0 amide bonds. The minimum absolute atomic E-state index is 0.458.